The summed E-state index contributed by atoms with van der Waals surface area (Å²) in [5, 5.41) is 10.5. The molecular weight excluding hydrogens is 238 g/mol. The van der Waals surface area contributed by atoms with E-state index in [0.29, 0.717) is 0 Å². The van der Waals surface area contributed by atoms with Crippen LogP contribution in [-0.2, 0) is 0 Å². The molecule has 3 heteroatoms. The van der Waals surface area contributed by atoms with Gasteiger partial charge in [0.25, 0.3) is 5.56 Å². The molecule has 0 saturated carbocycles. The summed E-state index contributed by atoms with van der Waals surface area (Å²) < 4.78 is 1.82. The van der Waals surface area contributed by atoms with E-state index in [2.05, 4.69) is 0 Å². The van der Waals surface area contributed by atoms with Crippen molar-refractivity contribution in [1.82, 2.24) is 4.57 Å². The van der Waals surface area contributed by atoms with Crippen LogP contribution >= 0.6 is 0 Å². The molecule has 1 heterocycles. The lowest BCUT2D eigenvalue weighted by molar-refractivity contribution is 0.261. The SMILES string of the molecule is CCC(CO)c1cc2ccccc2n(C(C)C)c1=O. The summed E-state index contributed by atoms with van der Waals surface area (Å²) in [6.07, 6.45) is 0.766. The fourth-order valence-corrected chi connectivity index (χ4v) is 2.56. The fourth-order valence-electron chi connectivity index (χ4n) is 2.56. The number of aliphatic hydroxyl groups excluding tert-OH is 1. The van der Waals surface area contributed by atoms with Crippen molar-refractivity contribution in [2.24, 2.45) is 0 Å². The van der Waals surface area contributed by atoms with Gasteiger partial charge in [0.2, 0.25) is 0 Å². The van der Waals surface area contributed by atoms with E-state index in [1.165, 1.54) is 0 Å². The fraction of sp³-hybridized carbons (Fsp3) is 0.438. The summed E-state index contributed by atoms with van der Waals surface area (Å²) in [6.45, 7) is 6.03. The molecule has 0 aliphatic carbocycles. The Bertz CT molecular complexity index is 624. The van der Waals surface area contributed by atoms with Crippen molar-refractivity contribution in [3.05, 3.63) is 46.2 Å². The molecule has 0 spiro atoms. The van der Waals surface area contributed by atoms with Crippen molar-refractivity contribution in [2.75, 3.05) is 6.61 Å². The van der Waals surface area contributed by atoms with Crippen molar-refractivity contribution in [3.8, 4) is 0 Å². The zero-order valence-electron chi connectivity index (χ0n) is 11.8. The van der Waals surface area contributed by atoms with Crippen LogP contribution in [0, 0.1) is 0 Å². The highest BCUT2D eigenvalue weighted by Gasteiger charge is 2.17. The third-order valence-electron chi connectivity index (χ3n) is 3.64. The smallest absolute Gasteiger partial charge is 0.254 e. The summed E-state index contributed by atoms with van der Waals surface area (Å²) in [4.78, 5) is 12.6. The van der Waals surface area contributed by atoms with Gasteiger partial charge < -0.3 is 9.67 Å². The number of nitrogens with zero attached hydrogens (tertiary/aromatic N) is 1. The molecule has 0 radical (unpaired) electrons. The molecular formula is C16H21NO2. The van der Waals surface area contributed by atoms with E-state index in [0.717, 1.165) is 22.9 Å². The molecule has 3 nitrogen and oxygen atoms in total. The second-order valence-electron chi connectivity index (χ2n) is 5.22. The lowest BCUT2D eigenvalue weighted by Gasteiger charge is -2.19. The molecule has 0 aliphatic heterocycles. The summed E-state index contributed by atoms with van der Waals surface area (Å²) in [5.74, 6) is -0.0814. The number of aromatic nitrogens is 1. The predicted molar refractivity (Wildman–Crippen MR) is 78.7 cm³/mol. The average Bonchev–Trinajstić information content (AvgIpc) is 2.40. The lowest BCUT2D eigenvalue weighted by atomic mass is 9.97. The zero-order chi connectivity index (χ0) is 14.0. The Morgan fingerprint density at radius 2 is 1.95 bits per heavy atom. The van der Waals surface area contributed by atoms with Gasteiger partial charge in [0, 0.05) is 17.5 Å². The van der Waals surface area contributed by atoms with Gasteiger partial charge in [-0.2, -0.15) is 0 Å². The van der Waals surface area contributed by atoms with Crippen LogP contribution in [0.2, 0.25) is 0 Å². The van der Waals surface area contributed by atoms with E-state index in [1.807, 2.05) is 55.7 Å². The third-order valence-corrected chi connectivity index (χ3v) is 3.64. The first-order valence-electron chi connectivity index (χ1n) is 6.85. The molecule has 0 bridgehead atoms. The molecule has 1 aromatic heterocycles. The van der Waals surface area contributed by atoms with Gasteiger partial charge >= 0.3 is 0 Å². The largest absolute Gasteiger partial charge is 0.396 e. The second-order valence-corrected chi connectivity index (χ2v) is 5.22. The highest BCUT2D eigenvalue weighted by atomic mass is 16.3. The highest BCUT2D eigenvalue weighted by molar-refractivity contribution is 5.79. The maximum Gasteiger partial charge on any atom is 0.254 e. The number of pyridine rings is 1. The number of para-hydroxylation sites is 1. The quantitative estimate of drug-likeness (QED) is 0.917. The van der Waals surface area contributed by atoms with Crippen LogP contribution in [0.25, 0.3) is 10.9 Å². The van der Waals surface area contributed by atoms with Crippen molar-refractivity contribution < 1.29 is 5.11 Å². The standard InChI is InChI=1S/C16H21NO2/c1-4-12(10-18)14-9-13-7-5-6-8-15(13)17(11(2)3)16(14)19/h5-9,11-12,18H,4,10H2,1-3H3. The first kappa shape index (κ1) is 13.8. The van der Waals surface area contributed by atoms with Gasteiger partial charge in [-0.1, -0.05) is 25.1 Å². The van der Waals surface area contributed by atoms with Crippen LogP contribution < -0.4 is 5.56 Å². The molecule has 2 rings (SSSR count). The van der Waals surface area contributed by atoms with Crippen LogP contribution in [0.4, 0.5) is 0 Å². The third kappa shape index (κ3) is 2.43. The van der Waals surface area contributed by atoms with Crippen LogP contribution in [0.3, 0.4) is 0 Å². The normalized spacial score (nSPS) is 13.1. The van der Waals surface area contributed by atoms with Gasteiger partial charge in [-0.05, 0) is 37.8 Å². The van der Waals surface area contributed by atoms with Crippen molar-refractivity contribution in [1.29, 1.82) is 0 Å². The first-order valence-corrected chi connectivity index (χ1v) is 6.85. The number of hydrogen-bond donors (Lipinski definition) is 1. The van der Waals surface area contributed by atoms with Gasteiger partial charge in [-0.15, -0.1) is 0 Å². The van der Waals surface area contributed by atoms with E-state index in [-0.39, 0.29) is 24.1 Å². The number of benzene rings is 1. The number of aliphatic hydroxyl groups is 1. The Hall–Kier alpha value is -1.61. The summed E-state index contributed by atoms with van der Waals surface area (Å²) in [7, 11) is 0. The molecule has 0 amide bonds. The topological polar surface area (TPSA) is 42.2 Å². The maximum atomic E-state index is 12.6. The molecule has 0 fully saturated rings. The predicted octanol–water partition coefficient (Wildman–Crippen LogP) is 3.07. The minimum absolute atomic E-state index is 0.0160. The molecule has 0 aliphatic rings. The van der Waals surface area contributed by atoms with E-state index in [4.69, 9.17) is 0 Å². The summed E-state index contributed by atoms with van der Waals surface area (Å²) in [6, 6.07) is 9.95. The minimum Gasteiger partial charge on any atom is -0.396 e. The summed E-state index contributed by atoms with van der Waals surface area (Å²) in [5.41, 5.74) is 1.70. The highest BCUT2D eigenvalue weighted by Crippen LogP contribution is 2.22. The molecule has 2 aromatic rings. The van der Waals surface area contributed by atoms with Crippen LogP contribution in [0.5, 0.6) is 0 Å². The van der Waals surface area contributed by atoms with Crippen LogP contribution in [-0.4, -0.2) is 16.3 Å². The Morgan fingerprint density at radius 1 is 1.26 bits per heavy atom. The van der Waals surface area contributed by atoms with Gasteiger partial charge in [0.1, 0.15) is 0 Å². The zero-order valence-corrected chi connectivity index (χ0v) is 11.8. The minimum atomic E-state index is -0.0814. The van der Waals surface area contributed by atoms with Gasteiger partial charge in [0.15, 0.2) is 0 Å². The summed E-state index contributed by atoms with van der Waals surface area (Å²) >= 11 is 0. The number of fused-ring (bicyclic) bond motifs is 1. The van der Waals surface area contributed by atoms with Gasteiger partial charge in [0.05, 0.1) is 12.1 Å². The molecule has 1 N–H and O–H groups in total. The maximum absolute atomic E-state index is 12.6. The van der Waals surface area contributed by atoms with E-state index in [1.54, 1.807) is 0 Å². The van der Waals surface area contributed by atoms with E-state index < -0.39 is 0 Å². The van der Waals surface area contributed by atoms with Crippen molar-refractivity contribution in [2.45, 2.75) is 39.2 Å². The molecule has 102 valence electrons. The molecule has 1 atom stereocenters. The van der Waals surface area contributed by atoms with Crippen LogP contribution in [0.15, 0.2) is 35.1 Å². The molecule has 1 aromatic carbocycles. The van der Waals surface area contributed by atoms with Crippen molar-refractivity contribution in [3.63, 3.8) is 0 Å². The average molecular weight is 259 g/mol. The first-order chi connectivity index (χ1) is 9.10. The van der Waals surface area contributed by atoms with Gasteiger partial charge in [-0.3, -0.25) is 4.79 Å². The van der Waals surface area contributed by atoms with E-state index in [9.17, 15) is 9.90 Å². The monoisotopic (exact) mass is 259 g/mol. The molecule has 1 unspecified atom stereocenters. The Labute approximate surface area is 113 Å². The van der Waals surface area contributed by atoms with Gasteiger partial charge in [-0.25, -0.2) is 0 Å². The van der Waals surface area contributed by atoms with E-state index >= 15 is 0 Å². The Balaban J connectivity index is 2.81. The number of hydrogen-bond acceptors (Lipinski definition) is 2. The second kappa shape index (κ2) is 5.57. The lowest BCUT2D eigenvalue weighted by Crippen LogP contribution is -2.28. The van der Waals surface area contributed by atoms with Crippen LogP contribution in [0.1, 0.15) is 44.7 Å². The Morgan fingerprint density at radius 3 is 2.53 bits per heavy atom. The molecule has 0 saturated heterocycles. The molecule has 19 heavy (non-hydrogen) atoms. The number of rotatable bonds is 4. The Kier molecular flexibility index (Phi) is 4.05. The van der Waals surface area contributed by atoms with Crippen molar-refractivity contribution >= 4 is 10.9 Å².